The number of carbonyl (C=O) groups is 1. The van der Waals surface area contributed by atoms with Gasteiger partial charge in [0.1, 0.15) is 5.75 Å². The lowest BCUT2D eigenvalue weighted by Crippen LogP contribution is -2.25. The van der Waals surface area contributed by atoms with E-state index in [-0.39, 0.29) is 17.9 Å². The lowest BCUT2D eigenvalue weighted by atomic mass is 9.89. The van der Waals surface area contributed by atoms with Crippen molar-refractivity contribution in [1.29, 1.82) is 0 Å². The van der Waals surface area contributed by atoms with Crippen LogP contribution >= 0.6 is 0 Å². The number of rotatable bonds is 3. The number of carbonyl (C=O) groups excluding carboxylic acids is 1. The van der Waals surface area contributed by atoms with Crippen LogP contribution in [0.25, 0.3) is 0 Å². The summed E-state index contributed by atoms with van der Waals surface area (Å²) in [4.78, 5) is 11.3. The van der Waals surface area contributed by atoms with Crippen LogP contribution < -0.4 is 15.4 Å². The molecule has 6 nitrogen and oxygen atoms in total. The third-order valence-corrected chi connectivity index (χ3v) is 3.71. The van der Waals surface area contributed by atoms with Gasteiger partial charge in [0.2, 0.25) is 0 Å². The number of hydrogen-bond acceptors (Lipinski definition) is 4. The van der Waals surface area contributed by atoms with Crippen LogP contribution in [0.2, 0.25) is 0 Å². The molecule has 0 spiro atoms. The molecular weight excluding hydrogens is 292 g/mol. The molecule has 2 aromatic rings. The zero-order valence-electron chi connectivity index (χ0n) is 13.9. The minimum absolute atomic E-state index is 0.00151. The van der Waals surface area contributed by atoms with Crippen molar-refractivity contribution >= 4 is 17.3 Å². The van der Waals surface area contributed by atoms with Gasteiger partial charge in [-0.05, 0) is 12.1 Å². The molecule has 122 valence electrons. The highest BCUT2D eigenvalue weighted by Gasteiger charge is 2.22. The molecule has 0 fully saturated rings. The molecule has 0 aliphatic carbocycles. The van der Waals surface area contributed by atoms with Gasteiger partial charge in [-0.3, -0.25) is 9.48 Å². The lowest BCUT2D eigenvalue weighted by molar-refractivity contribution is -0.118. The molecule has 6 heteroatoms. The molecule has 2 N–H and O–H groups in total. The first kappa shape index (κ1) is 15.4. The van der Waals surface area contributed by atoms with Crippen LogP contribution in [0.5, 0.6) is 5.75 Å². The number of anilines is 2. The van der Waals surface area contributed by atoms with Gasteiger partial charge >= 0.3 is 0 Å². The third kappa shape index (κ3) is 3.31. The van der Waals surface area contributed by atoms with Gasteiger partial charge in [0.05, 0.1) is 11.4 Å². The molecule has 1 aliphatic heterocycles. The normalized spacial score (nSPS) is 14.0. The van der Waals surface area contributed by atoms with Crippen molar-refractivity contribution in [2.75, 3.05) is 17.2 Å². The summed E-state index contributed by atoms with van der Waals surface area (Å²) < 4.78 is 7.29. The van der Waals surface area contributed by atoms with E-state index in [1.54, 1.807) is 0 Å². The van der Waals surface area contributed by atoms with Crippen molar-refractivity contribution in [1.82, 2.24) is 9.78 Å². The van der Waals surface area contributed by atoms with Crippen molar-refractivity contribution in [2.24, 2.45) is 7.05 Å². The van der Waals surface area contributed by atoms with E-state index in [4.69, 9.17) is 4.74 Å². The molecule has 1 aromatic carbocycles. The van der Waals surface area contributed by atoms with Crippen molar-refractivity contribution in [3.05, 3.63) is 35.7 Å². The molecular formula is C17H22N4O2. The summed E-state index contributed by atoms with van der Waals surface area (Å²) in [5.74, 6) is 0.570. The van der Waals surface area contributed by atoms with E-state index in [0.29, 0.717) is 18.0 Å². The van der Waals surface area contributed by atoms with Crippen LogP contribution in [-0.2, 0) is 23.8 Å². The van der Waals surface area contributed by atoms with Gasteiger partial charge in [0.15, 0.2) is 6.61 Å². The zero-order chi connectivity index (χ0) is 16.6. The summed E-state index contributed by atoms with van der Waals surface area (Å²) in [6, 6.07) is 5.69. The number of aromatic nitrogens is 2. The fourth-order valence-corrected chi connectivity index (χ4v) is 2.68. The Morgan fingerprint density at radius 3 is 2.91 bits per heavy atom. The van der Waals surface area contributed by atoms with Gasteiger partial charge in [0.25, 0.3) is 5.91 Å². The Bertz CT molecular complexity index is 744. The monoisotopic (exact) mass is 314 g/mol. The summed E-state index contributed by atoms with van der Waals surface area (Å²) in [6.45, 7) is 7.23. The highest BCUT2D eigenvalue weighted by Crippen LogP contribution is 2.31. The van der Waals surface area contributed by atoms with Gasteiger partial charge in [-0.15, -0.1) is 0 Å². The van der Waals surface area contributed by atoms with Crippen molar-refractivity contribution in [3.8, 4) is 5.75 Å². The Kier molecular flexibility index (Phi) is 3.75. The highest BCUT2D eigenvalue weighted by molar-refractivity contribution is 5.95. The van der Waals surface area contributed by atoms with Crippen molar-refractivity contribution in [2.45, 2.75) is 32.7 Å². The van der Waals surface area contributed by atoms with Gasteiger partial charge < -0.3 is 15.4 Å². The second-order valence-corrected chi connectivity index (χ2v) is 6.83. The smallest absolute Gasteiger partial charge is 0.262 e. The first-order valence-electron chi connectivity index (χ1n) is 7.66. The van der Waals surface area contributed by atoms with Crippen molar-refractivity contribution in [3.63, 3.8) is 0 Å². The molecule has 1 aliphatic rings. The van der Waals surface area contributed by atoms with Gasteiger partial charge in [0, 0.05) is 42.5 Å². The van der Waals surface area contributed by atoms with Crippen LogP contribution in [0.4, 0.5) is 11.4 Å². The minimum Gasteiger partial charge on any atom is -0.482 e. The van der Waals surface area contributed by atoms with Crippen LogP contribution in [0.15, 0.2) is 24.4 Å². The van der Waals surface area contributed by atoms with Crippen molar-refractivity contribution < 1.29 is 9.53 Å². The van der Waals surface area contributed by atoms with E-state index in [2.05, 4.69) is 36.5 Å². The van der Waals surface area contributed by atoms with E-state index in [1.807, 2.05) is 36.1 Å². The maximum absolute atomic E-state index is 11.3. The van der Waals surface area contributed by atoms with Crippen LogP contribution in [-0.4, -0.2) is 22.3 Å². The number of nitrogens with zero attached hydrogens (tertiary/aromatic N) is 2. The van der Waals surface area contributed by atoms with E-state index in [1.165, 1.54) is 5.56 Å². The molecule has 23 heavy (non-hydrogen) atoms. The minimum atomic E-state index is -0.122. The molecule has 0 unspecified atom stereocenters. The SMILES string of the molecule is Cn1cc(CNc2ccc3c(c2)OCC(=O)N3)c(C(C)(C)C)n1. The fourth-order valence-electron chi connectivity index (χ4n) is 2.68. The van der Waals surface area contributed by atoms with E-state index >= 15 is 0 Å². The summed E-state index contributed by atoms with van der Waals surface area (Å²) in [5.41, 5.74) is 3.93. The Labute approximate surface area is 135 Å². The number of nitrogens with one attached hydrogen (secondary N) is 2. The maximum atomic E-state index is 11.3. The average Bonchev–Trinajstić information content (AvgIpc) is 2.86. The predicted molar refractivity (Wildman–Crippen MR) is 89.8 cm³/mol. The molecule has 0 atom stereocenters. The van der Waals surface area contributed by atoms with Crippen LogP contribution in [0.1, 0.15) is 32.0 Å². The molecule has 0 saturated carbocycles. The lowest BCUT2D eigenvalue weighted by Gasteiger charge is -2.20. The average molecular weight is 314 g/mol. The van der Waals surface area contributed by atoms with Gasteiger partial charge in [-0.25, -0.2) is 0 Å². The Balaban J connectivity index is 1.76. The summed E-state index contributed by atoms with van der Waals surface area (Å²) >= 11 is 0. The quantitative estimate of drug-likeness (QED) is 0.914. The van der Waals surface area contributed by atoms with E-state index in [0.717, 1.165) is 11.4 Å². The predicted octanol–water partition coefficient (Wildman–Crippen LogP) is 2.66. The van der Waals surface area contributed by atoms with Crippen LogP contribution in [0, 0.1) is 0 Å². The van der Waals surface area contributed by atoms with E-state index < -0.39 is 0 Å². The highest BCUT2D eigenvalue weighted by atomic mass is 16.5. The van der Waals surface area contributed by atoms with Crippen LogP contribution in [0.3, 0.4) is 0 Å². The van der Waals surface area contributed by atoms with E-state index in [9.17, 15) is 4.79 Å². The summed E-state index contributed by atoms with van der Waals surface area (Å²) in [6.07, 6.45) is 2.04. The number of benzene rings is 1. The van der Waals surface area contributed by atoms with Gasteiger partial charge in [-0.2, -0.15) is 5.10 Å². The number of hydrogen-bond donors (Lipinski definition) is 2. The Morgan fingerprint density at radius 1 is 1.39 bits per heavy atom. The Hall–Kier alpha value is -2.50. The largest absolute Gasteiger partial charge is 0.482 e. The van der Waals surface area contributed by atoms with Gasteiger partial charge in [-0.1, -0.05) is 20.8 Å². The summed E-state index contributed by atoms with van der Waals surface area (Å²) in [7, 11) is 1.94. The second kappa shape index (κ2) is 5.61. The second-order valence-electron chi connectivity index (χ2n) is 6.83. The Morgan fingerprint density at radius 2 is 2.17 bits per heavy atom. The fraction of sp³-hybridized carbons (Fsp3) is 0.412. The molecule has 0 saturated heterocycles. The number of ether oxygens (including phenoxy) is 1. The standard InChI is InChI=1S/C17H22N4O2/c1-17(2,3)16-11(9-21(4)20-16)8-18-12-5-6-13-14(7-12)23-10-15(22)19-13/h5-7,9,18H,8,10H2,1-4H3,(H,19,22). The first-order valence-corrected chi connectivity index (χ1v) is 7.66. The molecule has 3 rings (SSSR count). The molecule has 0 radical (unpaired) electrons. The molecule has 2 heterocycles. The first-order chi connectivity index (χ1) is 10.8. The summed E-state index contributed by atoms with van der Waals surface area (Å²) in [5, 5.41) is 10.8. The number of amides is 1. The zero-order valence-corrected chi connectivity index (χ0v) is 13.9. The third-order valence-electron chi connectivity index (χ3n) is 3.71. The maximum Gasteiger partial charge on any atom is 0.262 e. The molecule has 0 bridgehead atoms. The number of fused-ring (bicyclic) bond motifs is 1. The molecule has 1 amide bonds. The topological polar surface area (TPSA) is 68.2 Å². The number of aryl methyl sites for hydroxylation is 1. The molecule has 1 aromatic heterocycles.